The highest BCUT2D eigenvalue weighted by Gasteiger charge is 2.40. The zero-order valence-corrected chi connectivity index (χ0v) is 29.9. The molecule has 2 N–H and O–H groups in total. The van der Waals surface area contributed by atoms with Gasteiger partial charge < -0.3 is 19.6 Å². The van der Waals surface area contributed by atoms with Crippen LogP contribution in [0.4, 0.5) is 17.6 Å². The van der Waals surface area contributed by atoms with Crippen LogP contribution in [0.25, 0.3) is 22.3 Å². The second kappa shape index (κ2) is 15.0. The Kier molecular flexibility index (Phi) is 10.6. The van der Waals surface area contributed by atoms with E-state index < -0.39 is 36.0 Å². The SMILES string of the molecule is CC(C=O)Cc1cccc(C2(C)CCC(F)(F)COc3ccn(n3)Cc3c(c(F)cc4[nH]ccc34)Sc3ccc(F)c(c3)-c3nc2nn3C)c1.CO. The van der Waals surface area contributed by atoms with Gasteiger partial charge in [-0.25, -0.2) is 27.2 Å². The maximum absolute atomic E-state index is 15.8. The van der Waals surface area contributed by atoms with Crippen molar-refractivity contribution in [2.24, 2.45) is 13.0 Å². The van der Waals surface area contributed by atoms with E-state index in [-0.39, 0.29) is 42.0 Å². The molecule has 4 heterocycles. The summed E-state index contributed by atoms with van der Waals surface area (Å²) in [6, 6.07) is 16.6. The van der Waals surface area contributed by atoms with Crippen molar-refractivity contribution < 1.29 is 32.2 Å². The van der Waals surface area contributed by atoms with Crippen molar-refractivity contribution in [2.75, 3.05) is 13.7 Å². The summed E-state index contributed by atoms with van der Waals surface area (Å²) in [5, 5.41) is 16.8. The molecule has 3 aromatic carbocycles. The lowest BCUT2D eigenvalue weighted by Gasteiger charge is -2.30. The molecule has 6 bridgehead atoms. The molecule has 0 saturated heterocycles. The standard InChI is InChI=1S/C37H34F4N6O2S.CH4O/c1-22(20-48)15-23-5-4-6-24(16-23)36(2)11-12-37(40,41)21-49-32-10-14-47(44-32)19-28-26-9-13-42-31(26)18-30(39)33(28)50-25-7-8-29(38)27(17-25)34-43-35(36)45-46(34)3;1-2/h4-10,13-14,16-18,20,22,42H,11-12,15,19,21H2,1-3H3;2H,1H3. The van der Waals surface area contributed by atoms with Gasteiger partial charge in [0.15, 0.2) is 18.3 Å². The van der Waals surface area contributed by atoms with Crippen LogP contribution >= 0.6 is 11.8 Å². The average molecular weight is 735 g/mol. The third-order valence-corrected chi connectivity index (χ3v) is 10.4. The van der Waals surface area contributed by atoms with E-state index in [0.29, 0.717) is 32.9 Å². The van der Waals surface area contributed by atoms with Crippen LogP contribution in [0.1, 0.15) is 49.2 Å². The molecule has 1 aliphatic heterocycles. The summed E-state index contributed by atoms with van der Waals surface area (Å²) < 4.78 is 71.1. The Balaban J connectivity index is 0.00000228. The molecule has 2 unspecified atom stereocenters. The van der Waals surface area contributed by atoms with Gasteiger partial charge in [0.25, 0.3) is 5.92 Å². The van der Waals surface area contributed by atoms with Crippen LogP contribution in [-0.4, -0.2) is 60.6 Å². The van der Waals surface area contributed by atoms with Crippen LogP contribution in [0, 0.1) is 17.6 Å². The van der Waals surface area contributed by atoms with Gasteiger partial charge in [0.2, 0.25) is 5.88 Å². The third-order valence-electron chi connectivity index (χ3n) is 9.23. The number of carbonyl (C=O) groups excluding carboxylic acids is 1. The molecule has 52 heavy (non-hydrogen) atoms. The van der Waals surface area contributed by atoms with Crippen molar-refractivity contribution in [3.8, 4) is 17.3 Å². The number of halogens is 4. The Morgan fingerprint density at radius 2 is 1.87 bits per heavy atom. The van der Waals surface area contributed by atoms with E-state index >= 15 is 17.6 Å². The van der Waals surface area contributed by atoms with Crippen LogP contribution in [0.2, 0.25) is 0 Å². The second-order valence-corrected chi connectivity index (χ2v) is 14.2. The molecule has 6 aromatic rings. The van der Waals surface area contributed by atoms with Crippen LogP contribution in [0.15, 0.2) is 82.8 Å². The van der Waals surface area contributed by atoms with E-state index in [4.69, 9.17) is 14.8 Å². The summed E-state index contributed by atoms with van der Waals surface area (Å²) in [5.41, 5.74) is 1.72. The largest absolute Gasteiger partial charge is 0.470 e. The highest BCUT2D eigenvalue weighted by Crippen LogP contribution is 2.42. The summed E-state index contributed by atoms with van der Waals surface area (Å²) in [4.78, 5) is 20.1. The number of aryl methyl sites for hydroxylation is 1. The molecule has 0 saturated carbocycles. The van der Waals surface area contributed by atoms with Gasteiger partial charge >= 0.3 is 0 Å². The molecule has 0 aliphatic carbocycles. The van der Waals surface area contributed by atoms with Gasteiger partial charge in [-0.15, -0.1) is 5.10 Å². The number of aliphatic hydroxyl groups excluding tert-OH is 1. The number of H-pyrrole nitrogens is 1. The number of aromatic amines is 1. The predicted molar refractivity (Wildman–Crippen MR) is 190 cm³/mol. The van der Waals surface area contributed by atoms with E-state index in [2.05, 4.69) is 15.2 Å². The van der Waals surface area contributed by atoms with Gasteiger partial charge in [-0.3, -0.25) is 4.68 Å². The van der Waals surface area contributed by atoms with Crippen LogP contribution < -0.4 is 4.74 Å². The summed E-state index contributed by atoms with van der Waals surface area (Å²) in [7, 11) is 2.62. The molecule has 0 fully saturated rings. The normalized spacial score (nSPS) is 17.8. The fourth-order valence-corrected chi connectivity index (χ4v) is 7.40. The number of aldehydes is 1. The summed E-state index contributed by atoms with van der Waals surface area (Å²) >= 11 is 1.14. The molecule has 0 spiro atoms. The van der Waals surface area contributed by atoms with Gasteiger partial charge in [0.05, 0.1) is 22.4 Å². The van der Waals surface area contributed by atoms with Crippen molar-refractivity contribution in [1.29, 1.82) is 0 Å². The Morgan fingerprint density at radius 1 is 1.06 bits per heavy atom. The van der Waals surface area contributed by atoms with Crippen molar-refractivity contribution in [1.82, 2.24) is 29.5 Å². The van der Waals surface area contributed by atoms with Crippen molar-refractivity contribution in [3.63, 3.8) is 0 Å². The third kappa shape index (κ3) is 7.49. The zero-order chi connectivity index (χ0) is 37.2. The number of rotatable bonds is 4. The van der Waals surface area contributed by atoms with Crippen LogP contribution in [0.5, 0.6) is 5.88 Å². The number of hydrogen-bond acceptors (Lipinski definition) is 7. The number of nitrogens with one attached hydrogen (secondary N) is 1. The molecule has 14 heteroatoms. The van der Waals surface area contributed by atoms with Gasteiger partial charge in [-0.2, -0.15) is 5.10 Å². The smallest absolute Gasteiger partial charge is 0.281 e. The highest BCUT2D eigenvalue weighted by atomic mass is 32.2. The maximum Gasteiger partial charge on any atom is 0.281 e. The number of benzene rings is 3. The Bertz CT molecular complexity index is 2220. The summed E-state index contributed by atoms with van der Waals surface area (Å²) in [5.74, 6) is -4.12. The van der Waals surface area contributed by atoms with Gasteiger partial charge in [-0.05, 0) is 66.8 Å². The second-order valence-electron chi connectivity index (χ2n) is 13.1. The van der Waals surface area contributed by atoms with Crippen molar-refractivity contribution >= 4 is 29.0 Å². The molecule has 3 aromatic heterocycles. The zero-order valence-electron chi connectivity index (χ0n) is 29.0. The first-order chi connectivity index (χ1) is 24.9. The Morgan fingerprint density at radius 3 is 2.65 bits per heavy atom. The topological polar surface area (TPSA) is 111 Å². The van der Waals surface area contributed by atoms with E-state index in [0.717, 1.165) is 36.1 Å². The molecular formula is C38H38F4N6O3S. The van der Waals surface area contributed by atoms with Gasteiger partial charge in [0, 0.05) is 60.8 Å². The number of aromatic nitrogens is 6. The van der Waals surface area contributed by atoms with Crippen molar-refractivity contribution in [3.05, 3.63) is 107 Å². The van der Waals surface area contributed by atoms with Crippen LogP contribution in [0.3, 0.4) is 0 Å². The highest BCUT2D eigenvalue weighted by molar-refractivity contribution is 7.99. The number of ether oxygens (including phenoxy) is 1. The summed E-state index contributed by atoms with van der Waals surface area (Å²) in [6.45, 7) is 2.81. The minimum Gasteiger partial charge on any atom is -0.470 e. The minimum atomic E-state index is -3.26. The van der Waals surface area contributed by atoms with E-state index in [1.54, 1.807) is 38.5 Å². The fraction of sp³-hybridized carbons (Fsp3) is 0.316. The summed E-state index contributed by atoms with van der Waals surface area (Å²) in [6.07, 6.45) is 4.00. The van der Waals surface area contributed by atoms with E-state index in [9.17, 15) is 4.79 Å². The first-order valence-corrected chi connectivity index (χ1v) is 17.5. The maximum atomic E-state index is 15.8. The molecule has 7 rings (SSSR count). The Labute approximate surface area is 302 Å². The molecule has 2 atom stereocenters. The fourth-order valence-electron chi connectivity index (χ4n) is 6.40. The molecule has 0 amide bonds. The van der Waals surface area contributed by atoms with Gasteiger partial charge in [0.1, 0.15) is 17.9 Å². The molecule has 9 nitrogen and oxygen atoms in total. The van der Waals surface area contributed by atoms with Crippen molar-refractivity contribution in [2.45, 2.75) is 60.8 Å². The van der Waals surface area contributed by atoms with E-state index in [1.165, 1.54) is 27.6 Å². The quantitative estimate of drug-likeness (QED) is 0.141. The lowest BCUT2D eigenvalue weighted by atomic mass is 9.76. The monoisotopic (exact) mass is 734 g/mol. The molecule has 1 aliphatic rings. The lowest BCUT2D eigenvalue weighted by Crippen LogP contribution is -2.32. The van der Waals surface area contributed by atoms with E-state index in [1.807, 2.05) is 37.3 Å². The first-order valence-electron chi connectivity index (χ1n) is 16.6. The lowest BCUT2D eigenvalue weighted by molar-refractivity contribution is -0.110. The predicted octanol–water partition coefficient (Wildman–Crippen LogP) is 7.74. The number of nitrogens with zero attached hydrogens (tertiary/aromatic N) is 5. The molecular weight excluding hydrogens is 697 g/mol. The first kappa shape index (κ1) is 36.8. The Hall–Kier alpha value is -4.95. The number of carbonyl (C=O) groups is 1. The average Bonchev–Trinajstić information content (AvgIpc) is 3.89. The van der Waals surface area contributed by atoms with Crippen LogP contribution in [-0.2, 0) is 30.2 Å². The number of fused-ring (bicyclic) bond motifs is 10. The molecule has 0 radical (unpaired) electrons. The number of aliphatic hydroxyl groups is 1. The number of hydrogen-bond donors (Lipinski definition) is 2. The number of alkyl halides is 2. The van der Waals surface area contributed by atoms with Gasteiger partial charge in [-0.1, -0.05) is 43.0 Å². The minimum absolute atomic E-state index is 0.0116. The molecule has 272 valence electrons.